The smallest absolute Gasteiger partial charge is 0 e. The Balaban J connectivity index is 0. The average Bonchev–Trinajstić information content (AvgIpc) is 0. The summed E-state index contributed by atoms with van der Waals surface area (Å²) < 4.78 is 0. The molecule has 0 amide bonds. The molecule has 0 rings (SSSR count). The average molecular weight is 277 g/mol. The van der Waals surface area contributed by atoms with Crippen LogP contribution in [-0.4, -0.2) is 25.8 Å². The Morgan fingerprint density at radius 3 is 1.00 bits per heavy atom. The van der Waals surface area contributed by atoms with Crippen molar-refractivity contribution < 1.29 is 73.5 Å². The van der Waals surface area contributed by atoms with Gasteiger partial charge in [0.25, 0.3) is 0 Å². The van der Waals surface area contributed by atoms with Gasteiger partial charge in [-0.15, -0.1) is 0 Å². The minimum Gasteiger partial charge on any atom is 0 e. The third kappa shape index (κ3) is 8.90. The SMILES string of the molecule is B.[AlH3].[Nd].[Y]. The van der Waals surface area contributed by atoms with Crippen molar-refractivity contribution in [3.8, 4) is 0 Å². The quantitative estimate of drug-likeness (QED) is 0.434. The first-order valence-corrected chi connectivity index (χ1v) is 0. The van der Waals surface area contributed by atoms with Crippen LogP contribution in [0.5, 0.6) is 0 Å². The molecule has 0 aromatic rings. The van der Waals surface area contributed by atoms with E-state index in [1.807, 2.05) is 0 Å². The summed E-state index contributed by atoms with van der Waals surface area (Å²) in [4.78, 5) is 0. The second-order valence-electron chi connectivity index (χ2n) is 0. The maximum absolute atomic E-state index is 0. The molecule has 19 valence electrons. The Hall–Kier alpha value is 3.05. The first-order valence-electron chi connectivity index (χ1n) is 0. The van der Waals surface area contributed by atoms with Gasteiger partial charge in [0, 0.05) is 73.5 Å². The molecule has 0 atom stereocenters. The molecule has 0 aliphatic carbocycles. The van der Waals surface area contributed by atoms with Gasteiger partial charge >= 0.3 is 0 Å². The molecule has 0 aliphatic rings. The van der Waals surface area contributed by atoms with E-state index in [0.29, 0.717) is 0 Å². The summed E-state index contributed by atoms with van der Waals surface area (Å²) in [7, 11) is 0. The molecule has 1 radical (unpaired) electrons. The molecular weight excluding hydrogens is 271 g/mol. The summed E-state index contributed by atoms with van der Waals surface area (Å²) in [6.45, 7) is 0. The zero-order valence-electron chi connectivity index (χ0n) is 1.08. The third-order valence-corrected chi connectivity index (χ3v) is 0. The molecule has 0 aromatic heterocycles. The fourth-order valence-electron chi connectivity index (χ4n) is 0. The van der Waals surface area contributed by atoms with E-state index in [2.05, 4.69) is 0 Å². The van der Waals surface area contributed by atoms with Gasteiger partial charge < -0.3 is 0 Å². The molecule has 0 aliphatic heterocycles. The molecule has 0 fully saturated rings. The van der Waals surface area contributed by atoms with Crippen LogP contribution in [-0.2, 0) is 32.7 Å². The van der Waals surface area contributed by atoms with Gasteiger partial charge in [-0.05, 0) is 0 Å². The molecule has 0 aromatic carbocycles. The maximum Gasteiger partial charge on any atom is 0.187 e. The van der Waals surface area contributed by atoms with Crippen LogP contribution >= 0.6 is 0 Å². The van der Waals surface area contributed by atoms with E-state index in [1.165, 1.54) is 0 Å². The molecule has 0 bridgehead atoms. The van der Waals surface area contributed by atoms with E-state index < -0.39 is 0 Å². The molecule has 0 N–H and O–H groups in total. The summed E-state index contributed by atoms with van der Waals surface area (Å²) in [6.07, 6.45) is 0. The van der Waals surface area contributed by atoms with Gasteiger partial charge in [0.1, 0.15) is 0 Å². The van der Waals surface area contributed by atoms with Crippen molar-refractivity contribution in [3.05, 3.63) is 0 Å². The normalized spacial score (nSPS) is 0. The summed E-state index contributed by atoms with van der Waals surface area (Å²) in [5.74, 6) is 0. The van der Waals surface area contributed by atoms with Gasteiger partial charge in [-0.1, -0.05) is 0 Å². The summed E-state index contributed by atoms with van der Waals surface area (Å²) in [5.41, 5.74) is 0. The van der Waals surface area contributed by atoms with E-state index in [0.717, 1.165) is 0 Å². The first kappa shape index (κ1) is 27.7. The minimum atomic E-state index is 0. The Kier molecular flexibility index (Phi) is 115. The Bertz CT molecular complexity index is 8.00. The number of hydrogen-bond acceptors (Lipinski definition) is 0. The molecule has 4 heteroatoms. The number of rotatable bonds is 0. The Morgan fingerprint density at radius 1 is 1.00 bits per heavy atom. The van der Waals surface area contributed by atoms with Gasteiger partial charge in [-0.3, -0.25) is 0 Å². The summed E-state index contributed by atoms with van der Waals surface area (Å²) in [5, 5.41) is 0. The fraction of sp³-hybridized carbons (Fsp3) is 0. The van der Waals surface area contributed by atoms with Crippen molar-refractivity contribution in [2.24, 2.45) is 0 Å². The van der Waals surface area contributed by atoms with Crippen molar-refractivity contribution in [1.29, 1.82) is 0 Å². The monoisotopic (exact) mass is 275 g/mol. The molecular formula is H6AlBNdY. The zero-order chi connectivity index (χ0) is 0. The van der Waals surface area contributed by atoms with E-state index in [-0.39, 0.29) is 99.3 Å². The Labute approximate surface area is 97.0 Å². The van der Waals surface area contributed by atoms with Crippen molar-refractivity contribution in [2.75, 3.05) is 0 Å². The van der Waals surface area contributed by atoms with E-state index in [4.69, 9.17) is 0 Å². The van der Waals surface area contributed by atoms with Crippen LogP contribution in [0.3, 0.4) is 0 Å². The van der Waals surface area contributed by atoms with Gasteiger partial charge in [-0.25, -0.2) is 0 Å². The van der Waals surface area contributed by atoms with Crippen LogP contribution in [0.25, 0.3) is 0 Å². The van der Waals surface area contributed by atoms with Crippen molar-refractivity contribution >= 4 is 25.8 Å². The predicted molar refractivity (Wildman–Crippen MR) is 19.9 cm³/mol. The first-order chi connectivity index (χ1) is 0. The molecule has 0 spiro atoms. The standard InChI is InChI=1S/Al.BH3.Nd.Y.3H/h;1H3;;;;;. The fourth-order valence-corrected chi connectivity index (χ4v) is 0. The molecule has 0 saturated carbocycles. The van der Waals surface area contributed by atoms with Crippen LogP contribution in [0, 0.1) is 40.8 Å². The third-order valence-electron chi connectivity index (χ3n) is 0. The van der Waals surface area contributed by atoms with Gasteiger partial charge in [0.15, 0.2) is 17.4 Å². The molecule has 0 heterocycles. The van der Waals surface area contributed by atoms with E-state index in [1.54, 1.807) is 0 Å². The van der Waals surface area contributed by atoms with Crippen molar-refractivity contribution in [3.63, 3.8) is 0 Å². The molecule has 0 nitrogen and oxygen atoms in total. The predicted octanol–water partition coefficient (Wildman–Crippen LogP) is -2.37. The van der Waals surface area contributed by atoms with Crippen molar-refractivity contribution in [1.82, 2.24) is 0 Å². The van der Waals surface area contributed by atoms with Crippen LogP contribution in [0.1, 0.15) is 0 Å². The minimum absolute atomic E-state index is 0. The van der Waals surface area contributed by atoms with E-state index >= 15 is 0 Å². The number of hydrogen-bond donors (Lipinski definition) is 0. The maximum atomic E-state index is 0. The topological polar surface area (TPSA) is 0 Å². The van der Waals surface area contributed by atoms with Crippen LogP contribution in [0.15, 0.2) is 0 Å². The summed E-state index contributed by atoms with van der Waals surface area (Å²) in [6, 6.07) is 0. The second kappa shape index (κ2) is 16.6. The van der Waals surface area contributed by atoms with Crippen LogP contribution < -0.4 is 0 Å². The van der Waals surface area contributed by atoms with Gasteiger partial charge in [0.2, 0.25) is 0 Å². The van der Waals surface area contributed by atoms with Crippen LogP contribution in [0.4, 0.5) is 0 Å². The molecule has 4 heavy (non-hydrogen) atoms. The molecule has 0 unspecified atom stereocenters. The van der Waals surface area contributed by atoms with Gasteiger partial charge in [0.05, 0.1) is 8.41 Å². The van der Waals surface area contributed by atoms with Crippen LogP contribution in [0.2, 0.25) is 0 Å². The largest absolute Gasteiger partial charge is 0.187 e. The van der Waals surface area contributed by atoms with Crippen molar-refractivity contribution in [2.45, 2.75) is 0 Å². The zero-order valence-corrected chi connectivity index (χ0v) is 7.12. The Morgan fingerprint density at radius 2 is 1.00 bits per heavy atom. The summed E-state index contributed by atoms with van der Waals surface area (Å²) >= 11 is 0. The second-order valence-corrected chi connectivity index (χ2v) is 0. The molecule has 0 saturated heterocycles. The van der Waals surface area contributed by atoms with Gasteiger partial charge in [-0.2, -0.15) is 0 Å². The van der Waals surface area contributed by atoms with E-state index in [9.17, 15) is 0 Å².